The first-order chi connectivity index (χ1) is 9.40. The van der Waals surface area contributed by atoms with Crippen LogP contribution in [0.25, 0.3) is 0 Å². The summed E-state index contributed by atoms with van der Waals surface area (Å²) in [7, 11) is 0. The van der Waals surface area contributed by atoms with Crippen LogP contribution in [0.15, 0.2) is 24.3 Å². The predicted octanol–water partition coefficient (Wildman–Crippen LogP) is 4.19. The van der Waals surface area contributed by atoms with Gasteiger partial charge in [-0.05, 0) is 30.0 Å². The van der Waals surface area contributed by atoms with Crippen LogP contribution in [0.2, 0.25) is 5.02 Å². The topological polar surface area (TPSA) is 35.5 Å². The lowest BCUT2D eigenvalue weighted by molar-refractivity contribution is -0.0248. The molecule has 0 aliphatic heterocycles. The summed E-state index contributed by atoms with van der Waals surface area (Å²) in [5.41, 5.74) is 0.465. The van der Waals surface area contributed by atoms with Crippen LogP contribution in [0, 0.1) is 11.8 Å². The molecule has 3 nitrogen and oxygen atoms in total. The molecule has 0 fully saturated rings. The normalized spacial score (nSPS) is 12.8. The van der Waals surface area contributed by atoms with E-state index in [4.69, 9.17) is 21.1 Å². The quantitative estimate of drug-likeness (QED) is 0.708. The maximum Gasteiger partial charge on any atom is 0.338 e. The van der Waals surface area contributed by atoms with E-state index in [0.29, 0.717) is 29.7 Å². The van der Waals surface area contributed by atoms with Crippen LogP contribution in [-0.2, 0) is 9.47 Å². The molecule has 0 aromatic heterocycles. The van der Waals surface area contributed by atoms with Gasteiger partial charge in [-0.15, -0.1) is 0 Å². The number of hydrogen-bond donors (Lipinski definition) is 0. The minimum atomic E-state index is -0.362. The molecule has 1 rings (SSSR count). The molecule has 112 valence electrons. The summed E-state index contributed by atoms with van der Waals surface area (Å²) < 4.78 is 11.1. The first kappa shape index (κ1) is 17.0. The van der Waals surface area contributed by atoms with Gasteiger partial charge in [0.15, 0.2) is 0 Å². The van der Waals surface area contributed by atoms with Crippen molar-refractivity contribution in [2.45, 2.75) is 33.8 Å². The molecule has 20 heavy (non-hydrogen) atoms. The van der Waals surface area contributed by atoms with Crippen LogP contribution in [0.4, 0.5) is 0 Å². The molecule has 0 amide bonds. The Morgan fingerprint density at radius 3 is 2.45 bits per heavy atom. The second kappa shape index (κ2) is 8.28. The molecule has 1 aromatic carbocycles. The van der Waals surface area contributed by atoms with E-state index in [-0.39, 0.29) is 18.0 Å². The Balaban J connectivity index is 2.59. The van der Waals surface area contributed by atoms with Gasteiger partial charge in [0.25, 0.3) is 0 Å². The molecular weight excluding hydrogens is 276 g/mol. The fraction of sp³-hybridized carbons (Fsp3) is 0.562. The SMILES string of the molecule is CC(C)COCC(OC(=O)c1cccc(Cl)c1)C(C)C. The lowest BCUT2D eigenvalue weighted by Gasteiger charge is -2.22. The van der Waals surface area contributed by atoms with E-state index in [9.17, 15) is 4.79 Å². The van der Waals surface area contributed by atoms with Gasteiger partial charge in [-0.25, -0.2) is 4.79 Å². The zero-order valence-corrected chi connectivity index (χ0v) is 13.3. The van der Waals surface area contributed by atoms with Crippen LogP contribution in [0.3, 0.4) is 0 Å². The van der Waals surface area contributed by atoms with Gasteiger partial charge in [-0.1, -0.05) is 45.4 Å². The lowest BCUT2D eigenvalue weighted by Crippen LogP contribution is -2.29. The fourth-order valence-corrected chi connectivity index (χ4v) is 1.79. The van der Waals surface area contributed by atoms with Crippen LogP contribution < -0.4 is 0 Å². The molecule has 0 heterocycles. The number of carbonyl (C=O) groups is 1. The molecule has 0 bridgehead atoms. The molecule has 0 saturated carbocycles. The highest BCUT2D eigenvalue weighted by molar-refractivity contribution is 6.30. The predicted molar refractivity (Wildman–Crippen MR) is 81.2 cm³/mol. The number of benzene rings is 1. The molecule has 1 atom stereocenters. The van der Waals surface area contributed by atoms with Gasteiger partial charge in [-0.2, -0.15) is 0 Å². The van der Waals surface area contributed by atoms with Crippen LogP contribution in [-0.4, -0.2) is 25.3 Å². The molecule has 0 radical (unpaired) electrons. The lowest BCUT2D eigenvalue weighted by atomic mass is 10.1. The van der Waals surface area contributed by atoms with Gasteiger partial charge in [0.2, 0.25) is 0 Å². The van der Waals surface area contributed by atoms with Crippen LogP contribution >= 0.6 is 11.6 Å². The standard InChI is InChI=1S/C16H23ClO3/c1-11(2)9-19-10-15(12(3)4)20-16(18)13-6-5-7-14(17)8-13/h5-8,11-12,15H,9-10H2,1-4H3. The maximum atomic E-state index is 12.1. The third kappa shape index (κ3) is 5.93. The van der Waals surface area contributed by atoms with Gasteiger partial charge >= 0.3 is 5.97 Å². The van der Waals surface area contributed by atoms with Crippen molar-refractivity contribution < 1.29 is 14.3 Å². The third-order valence-corrected chi connectivity index (χ3v) is 3.03. The molecule has 1 unspecified atom stereocenters. The average Bonchev–Trinajstić information content (AvgIpc) is 2.36. The summed E-state index contributed by atoms with van der Waals surface area (Å²) >= 11 is 5.87. The summed E-state index contributed by atoms with van der Waals surface area (Å²) in [5, 5.41) is 0.525. The number of ether oxygens (including phenoxy) is 2. The Hall–Kier alpha value is -1.06. The van der Waals surface area contributed by atoms with Crippen molar-refractivity contribution in [3.63, 3.8) is 0 Å². The smallest absolute Gasteiger partial charge is 0.338 e. The van der Waals surface area contributed by atoms with Crippen LogP contribution in [0.5, 0.6) is 0 Å². The number of halogens is 1. The van der Waals surface area contributed by atoms with E-state index in [2.05, 4.69) is 13.8 Å². The molecule has 0 saturated heterocycles. The summed E-state index contributed by atoms with van der Waals surface area (Å²) in [4.78, 5) is 12.1. The second-order valence-corrected chi connectivity index (χ2v) is 6.07. The van der Waals surface area contributed by atoms with Crippen molar-refractivity contribution in [1.29, 1.82) is 0 Å². The fourth-order valence-electron chi connectivity index (χ4n) is 1.60. The number of rotatable bonds is 7. The van der Waals surface area contributed by atoms with Crippen molar-refractivity contribution in [1.82, 2.24) is 0 Å². The number of esters is 1. The van der Waals surface area contributed by atoms with Crippen molar-refractivity contribution in [2.24, 2.45) is 11.8 Å². The second-order valence-electron chi connectivity index (χ2n) is 5.63. The minimum Gasteiger partial charge on any atom is -0.456 e. The minimum absolute atomic E-state index is 0.199. The van der Waals surface area contributed by atoms with E-state index in [0.717, 1.165) is 0 Å². The first-order valence-electron chi connectivity index (χ1n) is 6.94. The van der Waals surface area contributed by atoms with E-state index in [1.54, 1.807) is 24.3 Å². The summed E-state index contributed by atoms with van der Waals surface area (Å²) in [6.07, 6.45) is -0.250. The maximum absolute atomic E-state index is 12.1. The Bertz CT molecular complexity index is 429. The first-order valence-corrected chi connectivity index (χ1v) is 7.32. The highest BCUT2D eigenvalue weighted by Gasteiger charge is 2.20. The zero-order chi connectivity index (χ0) is 15.1. The zero-order valence-electron chi connectivity index (χ0n) is 12.6. The summed E-state index contributed by atoms with van der Waals surface area (Å²) in [5.74, 6) is 0.302. The number of hydrogen-bond acceptors (Lipinski definition) is 3. The number of carbonyl (C=O) groups excluding carboxylic acids is 1. The van der Waals surface area contributed by atoms with Gasteiger partial charge in [0.1, 0.15) is 6.10 Å². The average molecular weight is 299 g/mol. The van der Waals surface area contributed by atoms with Crippen LogP contribution in [0.1, 0.15) is 38.1 Å². The molecule has 0 spiro atoms. The van der Waals surface area contributed by atoms with Crippen molar-refractivity contribution in [2.75, 3.05) is 13.2 Å². The van der Waals surface area contributed by atoms with Gasteiger partial charge < -0.3 is 9.47 Å². The van der Waals surface area contributed by atoms with E-state index in [1.807, 2.05) is 13.8 Å². The molecule has 1 aromatic rings. The summed E-state index contributed by atoms with van der Waals surface area (Å²) in [6.45, 7) is 9.27. The van der Waals surface area contributed by atoms with Crippen molar-refractivity contribution >= 4 is 17.6 Å². The highest BCUT2D eigenvalue weighted by atomic mass is 35.5. The molecule has 0 aliphatic carbocycles. The van der Waals surface area contributed by atoms with Crippen molar-refractivity contribution in [3.8, 4) is 0 Å². The van der Waals surface area contributed by atoms with E-state index in [1.165, 1.54) is 0 Å². The summed E-state index contributed by atoms with van der Waals surface area (Å²) in [6, 6.07) is 6.76. The highest BCUT2D eigenvalue weighted by Crippen LogP contribution is 2.15. The Kier molecular flexibility index (Phi) is 7.03. The Morgan fingerprint density at radius 2 is 1.90 bits per heavy atom. The van der Waals surface area contributed by atoms with Gasteiger partial charge in [0, 0.05) is 11.6 Å². The largest absolute Gasteiger partial charge is 0.456 e. The van der Waals surface area contributed by atoms with E-state index >= 15 is 0 Å². The Labute approximate surface area is 126 Å². The molecule has 0 N–H and O–H groups in total. The van der Waals surface area contributed by atoms with Gasteiger partial charge in [0.05, 0.1) is 12.2 Å². The Morgan fingerprint density at radius 1 is 1.20 bits per heavy atom. The molecule has 4 heteroatoms. The monoisotopic (exact) mass is 298 g/mol. The van der Waals surface area contributed by atoms with Crippen molar-refractivity contribution in [3.05, 3.63) is 34.9 Å². The van der Waals surface area contributed by atoms with E-state index < -0.39 is 0 Å². The molecular formula is C16H23ClO3. The van der Waals surface area contributed by atoms with Gasteiger partial charge in [-0.3, -0.25) is 0 Å². The third-order valence-electron chi connectivity index (χ3n) is 2.80. The molecule has 0 aliphatic rings.